The molecule has 7 heteroatoms. The molecular formula is C21H21NO6. The maximum Gasteiger partial charge on any atom is 0.345 e. The fourth-order valence-electron chi connectivity index (χ4n) is 2.37. The summed E-state index contributed by atoms with van der Waals surface area (Å²) >= 11 is 0. The molecule has 0 aliphatic carbocycles. The number of benzene rings is 2. The number of carbonyl (C=O) groups is 3. The smallest absolute Gasteiger partial charge is 0.345 e. The van der Waals surface area contributed by atoms with Crippen molar-refractivity contribution < 1.29 is 28.6 Å². The number of para-hydroxylation sites is 1. The highest BCUT2D eigenvalue weighted by molar-refractivity contribution is 6.17. The van der Waals surface area contributed by atoms with Crippen molar-refractivity contribution in [1.29, 1.82) is 0 Å². The molecule has 0 atom stereocenters. The number of amides is 1. The number of carbonyl (C=O) groups excluding carboxylic acids is 3. The molecule has 0 spiro atoms. The van der Waals surface area contributed by atoms with Crippen LogP contribution in [0.3, 0.4) is 0 Å². The molecule has 0 bridgehead atoms. The zero-order valence-electron chi connectivity index (χ0n) is 15.9. The molecule has 1 N–H and O–H groups in total. The zero-order valence-corrected chi connectivity index (χ0v) is 15.9. The van der Waals surface area contributed by atoms with E-state index in [-0.39, 0.29) is 18.1 Å². The second kappa shape index (κ2) is 9.91. The molecule has 7 nitrogen and oxygen atoms in total. The van der Waals surface area contributed by atoms with Gasteiger partial charge in [0, 0.05) is 11.3 Å². The third kappa shape index (κ3) is 5.70. The van der Waals surface area contributed by atoms with Gasteiger partial charge in [-0.3, -0.25) is 4.79 Å². The van der Waals surface area contributed by atoms with E-state index in [0.717, 1.165) is 19.8 Å². The molecule has 0 saturated carbocycles. The van der Waals surface area contributed by atoms with Crippen molar-refractivity contribution >= 4 is 29.6 Å². The summed E-state index contributed by atoms with van der Waals surface area (Å²) in [7, 11) is 2.33. The fraction of sp³-hybridized carbons (Fsp3) is 0.190. The quantitative estimate of drug-likeness (QED) is 0.342. The molecule has 0 heterocycles. The lowest BCUT2D eigenvalue weighted by Gasteiger charge is -2.11. The molecule has 1 amide bonds. The van der Waals surface area contributed by atoms with Crippen molar-refractivity contribution in [2.75, 3.05) is 26.1 Å². The van der Waals surface area contributed by atoms with E-state index >= 15 is 0 Å². The number of nitrogens with one attached hydrogen (secondary N) is 1. The van der Waals surface area contributed by atoms with Crippen LogP contribution in [-0.4, -0.2) is 38.7 Å². The van der Waals surface area contributed by atoms with Gasteiger partial charge >= 0.3 is 11.9 Å². The summed E-state index contributed by atoms with van der Waals surface area (Å²) in [4.78, 5) is 35.8. The number of hydrogen-bond acceptors (Lipinski definition) is 6. The molecule has 28 heavy (non-hydrogen) atoms. The van der Waals surface area contributed by atoms with Gasteiger partial charge in [0.15, 0.2) is 6.61 Å². The van der Waals surface area contributed by atoms with Crippen LogP contribution in [0.15, 0.2) is 54.1 Å². The number of aryl methyl sites for hydroxylation is 1. The zero-order chi connectivity index (χ0) is 20.5. The Morgan fingerprint density at radius 1 is 0.964 bits per heavy atom. The first-order valence-corrected chi connectivity index (χ1v) is 8.41. The summed E-state index contributed by atoms with van der Waals surface area (Å²) < 4.78 is 14.8. The summed E-state index contributed by atoms with van der Waals surface area (Å²) in [6.07, 6.45) is 1.30. The van der Waals surface area contributed by atoms with Crippen LogP contribution < -0.4 is 10.1 Å². The van der Waals surface area contributed by atoms with Crippen molar-refractivity contribution in [2.24, 2.45) is 0 Å². The Morgan fingerprint density at radius 2 is 1.64 bits per heavy atom. The van der Waals surface area contributed by atoms with Gasteiger partial charge < -0.3 is 19.5 Å². The molecule has 2 aromatic carbocycles. The van der Waals surface area contributed by atoms with E-state index in [4.69, 9.17) is 4.74 Å². The van der Waals surface area contributed by atoms with E-state index < -0.39 is 11.9 Å². The minimum Gasteiger partial charge on any atom is -0.483 e. The number of hydrogen-bond donors (Lipinski definition) is 1. The highest BCUT2D eigenvalue weighted by Gasteiger charge is 2.20. The number of methoxy groups -OCH3 is 2. The van der Waals surface area contributed by atoms with Crippen molar-refractivity contribution in [1.82, 2.24) is 0 Å². The maximum atomic E-state index is 12.1. The second-order valence-electron chi connectivity index (χ2n) is 5.79. The molecule has 0 radical (unpaired) electrons. The van der Waals surface area contributed by atoms with Gasteiger partial charge in [-0.25, -0.2) is 9.59 Å². The van der Waals surface area contributed by atoms with Crippen LogP contribution in [0.2, 0.25) is 0 Å². The van der Waals surface area contributed by atoms with E-state index in [1.165, 1.54) is 6.08 Å². The van der Waals surface area contributed by atoms with E-state index in [1.807, 2.05) is 25.1 Å². The van der Waals surface area contributed by atoms with Crippen molar-refractivity contribution in [2.45, 2.75) is 6.92 Å². The molecule has 0 aliphatic rings. The molecule has 0 unspecified atom stereocenters. The van der Waals surface area contributed by atoms with Gasteiger partial charge in [0.25, 0.3) is 5.91 Å². The van der Waals surface area contributed by atoms with Gasteiger partial charge in [-0.05, 0) is 36.8 Å². The Morgan fingerprint density at radius 3 is 2.29 bits per heavy atom. The standard InChI is InChI=1S/C21H21NO6/c1-14-7-6-9-16(11-14)22-19(23)13-28-18-10-5-4-8-15(18)12-17(20(24)26-2)21(25)27-3/h4-12H,13H2,1-3H3,(H,22,23). The number of rotatable bonds is 7. The highest BCUT2D eigenvalue weighted by atomic mass is 16.5. The Hall–Kier alpha value is -3.61. The van der Waals surface area contributed by atoms with Gasteiger partial charge in [-0.1, -0.05) is 30.3 Å². The van der Waals surface area contributed by atoms with E-state index in [0.29, 0.717) is 17.0 Å². The number of esters is 2. The SMILES string of the molecule is COC(=O)C(=Cc1ccccc1OCC(=O)Nc1cccc(C)c1)C(=O)OC. The molecule has 146 valence electrons. The molecular weight excluding hydrogens is 362 g/mol. The minimum atomic E-state index is -0.834. The fourth-order valence-corrected chi connectivity index (χ4v) is 2.37. The third-order valence-electron chi connectivity index (χ3n) is 3.69. The summed E-state index contributed by atoms with van der Waals surface area (Å²) in [6.45, 7) is 1.68. The van der Waals surface area contributed by atoms with Crippen LogP contribution in [0, 0.1) is 6.92 Å². The molecule has 0 fully saturated rings. The van der Waals surface area contributed by atoms with Gasteiger partial charge in [0.1, 0.15) is 11.3 Å². The average Bonchev–Trinajstić information content (AvgIpc) is 2.70. The molecule has 0 aromatic heterocycles. The van der Waals surface area contributed by atoms with E-state index in [9.17, 15) is 14.4 Å². The lowest BCUT2D eigenvalue weighted by molar-refractivity contribution is -0.143. The third-order valence-corrected chi connectivity index (χ3v) is 3.69. The monoisotopic (exact) mass is 383 g/mol. The van der Waals surface area contributed by atoms with Gasteiger partial charge in [0.2, 0.25) is 0 Å². The Kier molecular flexibility index (Phi) is 7.33. The first-order valence-electron chi connectivity index (χ1n) is 8.41. The molecule has 0 saturated heterocycles. The predicted octanol–water partition coefficient (Wildman–Crippen LogP) is 2.74. The van der Waals surface area contributed by atoms with Crippen molar-refractivity contribution in [3.05, 3.63) is 65.2 Å². The Labute approximate surface area is 162 Å². The van der Waals surface area contributed by atoms with Crippen LogP contribution in [0.4, 0.5) is 5.69 Å². The number of ether oxygens (including phenoxy) is 3. The van der Waals surface area contributed by atoms with Gasteiger partial charge in [-0.15, -0.1) is 0 Å². The van der Waals surface area contributed by atoms with E-state index in [1.54, 1.807) is 30.3 Å². The molecule has 2 aromatic rings. The van der Waals surface area contributed by atoms with Crippen LogP contribution >= 0.6 is 0 Å². The second-order valence-corrected chi connectivity index (χ2v) is 5.79. The number of anilines is 1. The largest absolute Gasteiger partial charge is 0.483 e. The van der Waals surface area contributed by atoms with Crippen molar-refractivity contribution in [3.8, 4) is 5.75 Å². The highest BCUT2D eigenvalue weighted by Crippen LogP contribution is 2.22. The normalized spacial score (nSPS) is 9.82. The predicted molar refractivity (Wildman–Crippen MR) is 104 cm³/mol. The topological polar surface area (TPSA) is 90.9 Å². The van der Waals surface area contributed by atoms with Crippen molar-refractivity contribution in [3.63, 3.8) is 0 Å². The Bertz CT molecular complexity index is 885. The van der Waals surface area contributed by atoms with Crippen LogP contribution in [0.5, 0.6) is 5.75 Å². The maximum absolute atomic E-state index is 12.1. The summed E-state index contributed by atoms with van der Waals surface area (Å²) in [6, 6.07) is 14.1. The summed E-state index contributed by atoms with van der Waals surface area (Å²) in [5.41, 5.74) is 1.83. The van der Waals surface area contributed by atoms with E-state index in [2.05, 4.69) is 14.8 Å². The Balaban J connectivity index is 2.15. The van der Waals surface area contributed by atoms with Crippen LogP contribution in [0.25, 0.3) is 6.08 Å². The van der Waals surface area contributed by atoms with Crippen LogP contribution in [-0.2, 0) is 23.9 Å². The first-order chi connectivity index (χ1) is 13.4. The van der Waals surface area contributed by atoms with Crippen LogP contribution in [0.1, 0.15) is 11.1 Å². The van der Waals surface area contributed by atoms with Gasteiger partial charge in [-0.2, -0.15) is 0 Å². The molecule has 0 aliphatic heterocycles. The minimum absolute atomic E-state index is 0.245. The first kappa shape index (κ1) is 20.7. The molecule has 2 rings (SSSR count). The summed E-state index contributed by atoms with van der Waals surface area (Å²) in [5, 5.41) is 2.74. The lowest BCUT2D eigenvalue weighted by atomic mass is 10.1. The lowest BCUT2D eigenvalue weighted by Crippen LogP contribution is -2.20. The van der Waals surface area contributed by atoms with Gasteiger partial charge in [0.05, 0.1) is 14.2 Å². The average molecular weight is 383 g/mol. The summed E-state index contributed by atoms with van der Waals surface area (Å²) in [5.74, 6) is -1.68.